The molecule has 0 aromatic carbocycles. The molecule has 82 valence electrons. The Morgan fingerprint density at radius 3 is 2.88 bits per heavy atom. The first-order chi connectivity index (χ1) is 7.72. The minimum absolute atomic E-state index is 0.200. The fraction of sp³-hybridized carbons (Fsp3) is 0.0909. The van der Waals surface area contributed by atoms with Gasteiger partial charge < -0.3 is 5.32 Å². The topological polar surface area (TPSA) is 46.9 Å². The van der Waals surface area contributed by atoms with Gasteiger partial charge in [-0.05, 0) is 12.1 Å². The van der Waals surface area contributed by atoms with Gasteiger partial charge in [0, 0.05) is 25.5 Å². The second kappa shape index (κ2) is 4.14. The summed E-state index contributed by atoms with van der Waals surface area (Å²) in [6, 6.07) is 6.26. The molecule has 0 bridgehead atoms. The molecule has 2 rings (SSSR count). The number of pyridine rings is 2. The van der Waals surface area contributed by atoms with Crippen LogP contribution < -0.4 is 10.9 Å². The number of halogens is 1. The summed E-state index contributed by atoms with van der Waals surface area (Å²) in [6.45, 7) is 0. The average molecular weight is 219 g/mol. The van der Waals surface area contributed by atoms with E-state index in [1.807, 2.05) is 0 Å². The molecule has 0 spiro atoms. The Morgan fingerprint density at radius 1 is 1.44 bits per heavy atom. The van der Waals surface area contributed by atoms with Crippen LogP contribution in [0.25, 0.3) is 5.82 Å². The van der Waals surface area contributed by atoms with Gasteiger partial charge in [-0.25, -0.2) is 9.37 Å². The number of anilines is 1. The van der Waals surface area contributed by atoms with E-state index in [0.717, 1.165) is 12.3 Å². The smallest absolute Gasteiger partial charge is 0.279 e. The largest absolute Gasteiger partial charge is 0.384 e. The third-order valence-electron chi connectivity index (χ3n) is 2.15. The van der Waals surface area contributed by atoms with Crippen molar-refractivity contribution in [1.82, 2.24) is 9.55 Å². The van der Waals surface area contributed by atoms with Gasteiger partial charge in [0.1, 0.15) is 17.3 Å². The Balaban J connectivity index is 2.66. The van der Waals surface area contributed by atoms with E-state index in [2.05, 4.69) is 10.3 Å². The predicted octanol–water partition coefficient (Wildman–Crippen LogP) is 1.41. The van der Waals surface area contributed by atoms with Crippen LogP contribution in [0.4, 0.5) is 10.1 Å². The van der Waals surface area contributed by atoms with E-state index in [1.165, 1.54) is 4.57 Å². The highest BCUT2D eigenvalue weighted by molar-refractivity contribution is 5.42. The van der Waals surface area contributed by atoms with Crippen LogP contribution in [-0.2, 0) is 0 Å². The molecule has 0 saturated carbocycles. The van der Waals surface area contributed by atoms with Gasteiger partial charge in [0.25, 0.3) is 5.56 Å². The zero-order chi connectivity index (χ0) is 11.5. The van der Waals surface area contributed by atoms with Crippen molar-refractivity contribution < 1.29 is 4.39 Å². The Bertz CT molecular complexity index is 551. The number of hydrogen-bond acceptors (Lipinski definition) is 3. The molecule has 1 N–H and O–H groups in total. The Hall–Kier alpha value is -2.17. The molecule has 0 aliphatic rings. The summed E-state index contributed by atoms with van der Waals surface area (Å²) in [5, 5.41) is 2.65. The molecule has 2 aromatic rings. The zero-order valence-corrected chi connectivity index (χ0v) is 8.64. The maximum absolute atomic E-state index is 13.3. The Morgan fingerprint density at radius 2 is 2.25 bits per heavy atom. The van der Waals surface area contributed by atoms with Crippen molar-refractivity contribution in [3.05, 3.63) is 52.8 Å². The lowest BCUT2D eigenvalue weighted by Gasteiger charge is -2.07. The summed E-state index contributed by atoms with van der Waals surface area (Å²) in [7, 11) is 1.57. The molecule has 0 unspecified atom stereocenters. The normalized spacial score (nSPS) is 10.1. The number of nitrogens with one attached hydrogen (secondary N) is 1. The lowest BCUT2D eigenvalue weighted by atomic mass is 10.3. The SMILES string of the molecule is CNc1cc(F)cn(-c2ccccn2)c1=O. The quantitative estimate of drug-likeness (QED) is 0.830. The first-order valence-corrected chi connectivity index (χ1v) is 4.74. The summed E-state index contributed by atoms with van der Waals surface area (Å²) in [5.41, 5.74) is -0.131. The van der Waals surface area contributed by atoms with Crippen LogP contribution >= 0.6 is 0 Å². The van der Waals surface area contributed by atoms with E-state index < -0.39 is 5.82 Å². The molecule has 0 saturated heterocycles. The van der Waals surface area contributed by atoms with Gasteiger partial charge in [-0.1, -0.05) is 6.07 Å². The minimum atomic E-state index is -0.491. The summed E-state index contributed by atoms with van der Waals surface area (Å²) in [4.78, 5) is 15.8. The predicted molar refractivity (Wildman–Crippen MR) is 59.3 cm³/mol. The van der Waals surface area contributed by atoms with E-state index in [9.17, 15) is 9.18 Å². The lowest BCUT2D eigenvalue weighted by Crippen LogP contribution is -2.22. The summed E-state index contributed by atoms with van der Waals surface area (Å²) in [5.74, 6) is -0.0990. The highest BCUT2D eigenvalue weighted by atomic mass is 19.1. The van der Waals surface area contributed by atoms with Gasteiger partial charge in [0.2, 0.25) is 0 Å². The average Bonchev–Trinajstić information content (AvgIpc) is 2.33. The molecule has 2 heterocycles. The molecule has 0 atom stereocenters. The molecule has 0 aliphatic heterocycles. The van der Waals surface area contributed by atoms with Gasteiger partial charge >= 0.3 is 0 Å². The molecular formula is C11H10FN3O. The summed E-state index contributed by atoms with van der Waals surface area (Å²) >= 11 is 0. The summed E-state index contributed by atoms with van der Waals surface area (Å²) in [6.07, 6.45) is 2.66. The molecule has 0 aliphatic carbocycles. The second-order valence-electron chi connectivity index (χ2n) is 3.19. The van der Waals surface area contributed by atoms with Crippen molar-refractivity contribution in [2.24, 2.45) is 0 Å². The van der Waals surface area contributed by atoms with E-state index in [4.69, 9.17) is 0 Å². The number of hydrogen-bond donors (Lipinski definition) is 1. The van der Waals surface area contributed by atoms with Crippen molar-refractivity contribution in [2.45, 2.75) is 0 Å². The van der Waals surface area contributed by atoms with Crippen molar-refractivity contribution in [1.29, 1.82) is 0 Å². The van der Waals surface area contributed by atoms with Gasteiger partial charge in [-0.2, -0.15) is 0 Å². The number of nitrogens with zero attached hydrogens (tertiary/aromatic N) is 2. The first-order valence-electron chi connectivity index (χ1n) is 4.74. The van der Waals surface area contributed by atoms with Crippen molar-refractivity contribution in [3.8, 4) is 5.82 Å². The maximum atomic E-state index is 13.3. The highest BCUT2D eigenvalue weighted by Gasteiger charge is 2.07. The monoisotopic (exact) mass is 219 g/mol. The van der Waals surface area contributed by atoms with Crippen LogP contribution in [0.2, 0.25) is 0 Å². The fourth-order valence-corrected chi connectivity index (χ4v) is 1.39. The first kappa shape index (κ1) is 10.4. The molecule has 0 fully saturated rings. The van der Waals surface area contributed by atoms with Gasteiger partial charge in [-0.3, -0.25) is 9.36 Å². The van der Waals surface area contributed by atoms with Crippen LogP contribution in [-0.4, -0.2) is 16.6 Å². The standard InChI is InChI=1S/C11H10FN3O/c1-13-9-6-8(12)7-15(11(9)16)10-4-2-3-5-14-10/h2-7,13H,1H3. The van der Waals surface area contributed by atoms with Crippen LogP contribution in [0.15, 0.2) is 41.5 Å². The Labute approximate surface area is 91.4 Å². The van der Waals surface area contributed by atoms with E-state index in [0.29, 0.717) is 5.82 Å². The highest BCUT2D eigenvalue weighted by Crippen LogP contribution is 2.06. The number of rotatable bonds is 2. The minimum Gasteiger partial charge on any atom is -0.384 e. The van der Waals surface area contributed by atoms with Gasteiger partial charge in [0.15, 0.2) is 0 Å². The third-order valence-corrected chi connectivity index (χ3v) is 2.15. The van der Waals surface area contributed by atoms with Crippen molar-refractivity contribution >= 4 is 5.69 Å². The zero-order valence-electron chi connectivity index (χ0n) is 8.64. The van der Waals surface area contributed by atoms with Gasteiger partial charge in [0.05, 0.1) is 0 Å². The molecule has 5 heteroatoms. The molecule has 0 amide bonds. The number of aromatic nitrogens is 2. The van der Waals surface area contributed by atoms with Gasteiger partial charge in [-0.15, -0.1) is 0 Å². The second-order valence-corrected chi connectivity index (χ2v) is 3.19. The van der Waals surface area contributed by atoms with Crippen LogP contribution in [0.3, 0.4) is 0 Å². The molecular weight excluding hydrogens is 209 g/mol. The summed E-state index contributed by atoms with van der Waals surface area (Å²) < 4.78 is 14.4. The van der Waals surface area contributed by atoms with Crippen molar-refractivity contribution in [2.75, 3.05) is 12.4 Å². The van der Waals surface area contributed by atoms with Crippen LogP contribution in [0, 0.1) is 5.82 Å². The molecule has 2 aromatic heterocycles. The van der Waals surface area contributed by atoms with E-state index in [-0.39, 0.29) is 11.2 Å². The Kier molecular flexibility index (Phi) is 2.68. The van der Waals surface area contributed by atoms with Crippen molar-refractivity contribution in [3.63, 3.8) is 0 Å². The van der Waals surface area contributed by atoms with E-state index in [1.54, 1.807) is 31.4 Å². The molecule has 16 heavy (non-hydrogen) atoms. The van der Waals surface area contributed by atoms with Crippen LogP contribution in [0.1, 0.15) is 0 Å². The molecule has 0 radical (unpaired) electrons. The van der Waals surface area contributed by atoms with Crippen LogP contribution in [0.5, 0.6) is 0 Å². The maximum Gasteiger partial charge on any atom is 0.279 e. The van der Waals surface area contributed by atoms with E-state index >= 15 is 0 Å². The molecule has 4 nitrogen and oxygen atoms in total. The lowest BCUT2D eigenvalue weighted by molar-refractivity contribution is 0.612. The third kappa shape index (κ3) is 1.79. The fourth-order valence-electron chi connectivity index (χ4n) is 1.39.